The Kier molecular flexibility index (Phi) is 4.67. The van der Waals surface area contributed by atoms with Gasteiger partial charge in [-0.2, -0.15) is 5.26 Å². The van der Waals surface area contributed by atoms with E-state index in [1.165, 1.54) is 4.31 Å². The van der Waals surface area contributed by atoms with Crippen molar-refractivity contribution in [2.45, 2.75) is 37.5 Å². The summed E-state index contributed by atoms with van der Waals surface area (Å²) in [4.78, 5) is 0. The molecule has 1 atom stereocenters. The SMILES string of the molecule is CC1(O)CCCN(S(=O)(=O)Cc2ccccc2C#N)CC1. The highest BCUT2D eigenvalue weighted by Crippen LogP contribution is 2.24. The summed E-state index contributed by atoms with van der Waals surface area (Å²) < 4.78 is 26.5. The predicted molar refractivity (Wildman–Crippen MR) is 79.8 cm³/mol. The van der Waals surface area contributed by atoms with Gasteiger partial charge < -0.3 is 5.11 Å². The van der Waals surface area contributed by atoms with Gasteiger partial charge in [-0.3, -0.25) is 0 Å². The van der Waals surface area contributed by atoms with Gasteiger partial charge >= 0.3 is 0 Å². The molecule has 0 bridgehead atoms. The molecule has 6 heteroatoms. The van der Waals surface area contributed by atoms with Crippen LogP contribution in [0, 0.1) is 11.3 Å². The van der Waals surface area contributed by atoms with Gasteiger partial charge in [0.05, 0.1) is 23.0 Å². The van der Waals surface area contributed by atoms with Gasteiger partial charge in [-0.05, 0) is 37.8 Å². The fourth-order valence-corrected chi connectivity index (χ4v) is 4.16. The number of nitrogens with zero attached hydrogens (tertiary/aromatic N) is 2. The number of sulfonamides is 1. The topological polar surface area (TPSA) is 81.4 Å². The Morgan fingerprint density at radius 1 is 1.33 bits per heavy atom. The second-order valence-electron chi connectivity index (χ2n) is 5.77. The van der Waals surface area contributed by atoms with Crippen LogP contribution >= 0.6 is 0 Å². The van der Waals surface area contributed by atoms with Crippen LogP contribution in [0.15, 0.2) is 24.3 Å². The first-order valence-electron chi connectivity index (χ1n) is 7.02. The third-order valence-electron chi connectivity index (χ3n) is 3.89. The van der Waals surface area contributed by atoms with E-state index < -0.39 is 15.6 Å². The molecule has 1 aliphatic heterocycles. The fraction of sp³-hybridized carbons (Fsp3) is 0.533. The second-order valence-corrected chi connectivity index (χ2v) is 7.74. The van der Waals surface area contributed by atoms with Crippen LogP contribution in [0.2, 0.25) is 0 Å². The van der Waals surface area contributed by atoms with Crippen molar-refractivity contribution in [1.82, 2.24) is 4.31 Å². The van der Waals surface area contributed by atoms with Gasteiger partial charge in [0.25, 0.3) is 0 Å². The van der Waals surface area contributed by atoms with E-state index in [2.05, 4.69) is 0 Å². The molecule has 1 N–H and O–H groups in total. The third-order valence-corrected chi connectivity index (χ3v) is 5.72. The molecular formula is C15H20N2O3S. The predicted octanol–water partition coefficient (Wildman–Crippen LogP) is 1.62. The molecule has 2 rings (SSSR count). The van der Waals surface area contributed by atoms with Crippen molar-refractivity contribution in [2.75, 3.05) is 13.1 Å². The Balaban J connectivity index is 2.17. The monoisotopic (exact) mass is 308 g/mol. The molecule has 1 aromatic carbocycles. The van der Waals surface area contributed by atoms with E-state index in [-0.39, 0.29) is 5.75 Å². The smallest absolute Gasteiger partial charge is 0.218 e. The second kappa shape index (κ2) is 6.14. The summed E-state index contributed by atoms with van der Waals surface area (Å²) in [6, 6.07) is 8.77. The molecule has 5 nitrogen and oxygen atoms in total. The zero-order valence-corrected chi connectivity index (χ0v) is 12.9. The Bertz CT molecular complexity index is 647. The van der Waals surface area contributed by atoms with Crippen LogP contribution in [0.4, 0.5) is 0 Å². The summed E-state index contributed by atoms with van der Waals surface area (Å²) in [5.74, 6) is -0.168. The van der Waals surface area contributed by atoms with Crippen LogP contribution in [-0.2, 0) is 15.8 Å². The van der Waals surface area contributed by atoms with E-state index in [9.17, 15) is 13.5 Å². The third kappa shape index (κ3) is 4.03. The fourth-order valence-electron chi connectivity index (χ4n) is 2.56. The van der Waals surface area contributed by atoms with Gasteiger partial charge in [-0.25, -0.2) is 12.7 Å². The lowest BCUT2D eigenvalue weighted by atomic mass is 9.98. The molecule has 0 amide bonds. The lowest BCUT2D eigenvalue weighted by Crippen LogP contribution is -2.34. The van der Waals surface area contributed by atoms with Crippen LogP contribution in [-0.4, -0.2) is 36.5 Å². The standard InChI is InChI=1S/C15H20N2O3S/c1-15(18)7-4-9-17(10-8-15)21(19,20)12-14-6-3-2-5-13(14)11-16/h2-3,5-6,18H,4,7-10,12H2,1H3. The highest BCUT2D eigenvalue weighted by Gasteiger charge is 2.30. The molecule has 21 heavy (non-hydrogen) atoms. The largest absolute Gasteiger partial charge is 0.390 e. The van der Waals surface area contributed by atoms with E-state index in [0.717, 1.165) is 0 Å². The van der Waals surface area contributed by atoms with Crippen LogP contribution in [0.3, 0.4) is 0 Å². The van der Waals surface area contributed by atoms with Crippen molar-refractivity contribution in [2.24, 2.45) is 0 Å². The lowest BCUT2D eigenvalue weighted by molar-refractivity contribution is 0.0465. The minimum atomic E-state index is -3.47. The zero-order chi connectivity index (χ0) is 15.5. The first-order chi connectivity index (χ1) is 9.84. The van der Waals surface area contributed by atoms with Crippen LogP contribution < -0.4 is 0 Å². The molecule has 114 valence electrons. The molecular weight excluding hydrogens is 288 g/mol. The maximum absolute atomic E-state index is 12.5. The Labute approximate surface area is 125 Å². The molecule has 0 saturated carbocycles. The molecule has 1 unspecified atom stereocenters. The van der Waals surface area contributed by atoms with Crippen molar-refractivity contribution in [3.63, 3.8) is 0 Å². The molecule has 1 heterocycles. The Morgan fingerprint density at radius 3 is 2.76 bits per heavy atom. The molecule has 1 aromatic rings. The van der Waals surface area contributed by atoms with Crippen molar-refractivity contribution in [3.05, 3.63) is 35.4 Å². The van der Waals surface area contributed by atoms with Crippen LogP contribution in [0.5, 0.6) is 0 Å². The summed E-state index contributed by atoms with van der Waals surface area (Å²) >= 11 is 0. The average molecular weight is 308 g/mol. The molecule has 1 aliphatic rings. The van der Waals surface area contributed by atoms with Gasteiger partial charge in [-0.15, -0.1) is 0 Å². The summed E-state index contributed by atoms with van der Waals surface area (Å²) in [5, 5.41) is 19.1. The first-order valence-corrected chi connectivity index (χ1v) is 8.63. The van der Waals surface area contributed by atoms with Crippen LogP contribution in [0.25, 0.3) is 0 Å². The normalized spacial score (nSPS) is 24.2. The molecule has 1 saturated heterocycles. The van der Waals surface area contributed by atoms with Crippen molar-refractivity contribution in [1.29, 1.82) is 5.26 Å². The summed E-state index contributed by atoms with van der Waals surface area (Å²) in [6.07, 6.45) is 1.69. The Hall–Kier alpha value is -1.42. The van der Waals surface area contributed by atoms with Gasteiger partial charge in [0.2, 0.25) is 10.0 Å². The van der Waals surface area contributed by atoms with E-state index in [1.807, 2.05) is 6.07 Å². The maximum Gasteiger partial charge on any atom is 0.218 e. The summed E-state index contributed by atoms with van der Waals surface area (Å²) in [7, 11) is -3.47. The van der Waals surface area contributed by atoms with Gasteiger partial charge in [0.1, 0.15) is 0 Å². The summed E-state index contributed by atoms with van der Waals surface area (Å²) in [5.41, 5.74) is 0.119. The molecule has 0 radical (unpaired) electrons. The highest BCUT2D eigenvalue weighted by molar-refractivity contribution is 7.88. The van der Waals surface area contributed by atoms with Crippen molar-refractivity contribution in [3.8, 4) is 6.07 Å². The average Bonchev–Trinajstić information content (AvgIpc) is 2.60. The van der Waals surface area contributed by atoms with Gasteiger partial charge in [0, 0.05) is 13.1 Å². The number of hydrogen-bond donors (Lipinski definition) is 1. The summed E-state index contributed by atoms with van der Waals surface area (Å²) in [6.45, 7) is 2.49. The van der Waals surface area contributed by atoms with Gasteiger partial charge in [-0.1, -0.05) is 18.2 Å². The molecule has 0 aliphatic carbocycles. The van der Waals surface area contributed by atoms with E-state index in [0.29, 0.717) is 43.5 Å². The maximum atomic E-state index is 12.5. The number of hydrogen-bond acceptors (Lipinski definition) is 4. The molecule has 0 spiro atoms. The number of rotatable bonds is 3. The van der Waals surface area contributed by atoms with Crippen LogP contribution in [0.1, 0.15) is 37.3 Å². The van der Waals surface area contributed by atoms with E-state index >= 15 is 0 Å². The minimum Gasteiger partial charge on any atom is -0.390 e. The zero-order valence-electron chi connectivity index (χ0n) is 12.1. The van der Waals surface area contributed by atoms with Crippen molar-refractivity contribution < 1.29 is 13.5 Å². The quantitative estimate of drug-likeness (QED) is 0.920. The lowest BCUT2D eigenvalue weighted by Gasteiger charge is -2.22. The number of nitriles is 1. The van der Waals surface area contributed by atoms with Crippen molar-refractivity contribution >= 4 is 10.0 Å². The minimum absolute atomic E-state index is 0.168. The first kappa shape index (κ1) is 16.0. The number of aliphatic hydroxyl groups is 1. The molecule has 0 aromatic heterocycles. The van der Waals surface area contributed by atoms with E-state index in [1.54, 1.807) is 31.2 Å². The molecule has 1 fully saturated rings. The highest BCUT2D eigenvalue weighted by atomic mass is 32.2. The Morgan fingerprint density at radius 2 is 2.05 bits per heavy atom. The van der Waals surface area contributed by atoms with Gasteiger partial charge in [0.15, 0.2) is 0 Å². The van der Waals surface area contributed by atoms with E-state index in [4.69, 9.17) is 5.26 Å². The number of benzene rings is 1.